The number of aromatic nitrogens is 2. The van der Waals surface area contributed by atoms with Gasteiger partial charge in [0.25, 0.3) is 5.91 Å². The van der Waals surface area contributed by atoms with Crippen LogP contribution in [0.4, 0.5) is 0 Å². The quantitative estimate of drug-likeness (QED) is 0.466. The molecule has 6 rings (SSSR count). The predicted octanol–water partition coefficient (Wildman–Crippen LogP) is 5.27. The Kier molecular flexibility index (Phi) is 5.00. The third kappa shape index (κ3) is 3.61. The molecule has 0 radical (unpaired) electrons. The molecule has 164 valence electrons. The van der Waals surface area contributed by atoms with E-state index in [9.17, 15) is 4.79 Å². The highest BCUT2D eigenvalue weighted by atomic mass is 32.1. The standard InChI is InChI=1S/C26H28N4OS/c1-17-6-5-7-18(12-17)22-16-30-23-9-8-19(13-24(23)32-26(30)28-22)25(31)27-20-14-21(15-20)29-10-3-2-4-11-29/h5-9,12-13,16,20-21H,2-4,10-11,14-15H2,1H3,(H,27,31). The van der Waals surface area contributed by atoms with E-state index >= 15 is 0 Å². The summed E-state index contributed by atoms with van der Waals surface area (Å²) < 4.78 is 3.23. The highest BCUT2D eigenvalue weighted by Gasteiger charge is 2.35. The Labute approximate surface area is 192 Å². The maximum absolute atomic E-state index is 12.9. The van der Waals surface area contributed by atoms with Gasteiger partial charge in [0, 0.05) is 29.4 Å². The second-order valence-corrected chi connectivity index (χ2v) is 10.3. The Morgan fingerprint density at radius 3 is 2.75 bits per heavy atom. The van der Waals surface area contributed by atoms with Crippen molar-refractivity contribution in [3.63, 3.8) is 0 Å². The van der Waals surface area contributed by atoms with Gasteiger partial charge in [0.2, 0.25) is 0 Å². The summed E-state index contributed by atoms with van der Waals surface area (Å²) in [6.07, 6.45) is 8.28. The number of aryl methyl sites for hydroxylation is 1. The van der Waals surface area contributed by atoms with Gasteiger partial charge in [0.05, 0.1) is 15.9 Å². The molecule has 0 atom stereocenters. The zero-order valence-electron chi connectivity index (χ0n) is 18.4. The molecule has 0 unspecified atom stereocenters. The van der Waals surface area contributed by atoms with Gasteiger partial charge in [-0.1, -0.05) is 41.5 Å². The average molecular weight is 445 g/mol. The molecule has 1 aliphatic carbocycles. The fourth-order valence-electron chi connectivity index (χ4n) is 5.14. The number of carbonyl (C=O) groups is 1. The first-order valence-electron chi connectivity index (χ1n) is 11.7. The first-order chi connectivity index (χ1) is 15.6. The number of rotatable bonds is 4. The Balaban J connectivity index is 1.17. The third-order valence-electron chi connectivity index (χ3n) is 7.03. The number of nitrogens with zero attached hydrogens (tertiary/aromatic N) is 3. The van der Waals surface area contributed by atoms with E-state index in [0.717, 1.165) is 44.8 Å². The van der Waals surface area contributed by atoms with Crippen molar-refractivity contribution in [2.75, 3.05) is 13.1 Å². The summed E-state index contributed by atoms with van der Waals surface area (Å²) in [7, 11) is 0. The molecule has 2 fully saturated rings. The fourth-order valence-corrected chi connectivity index (χ4v) is 6.19. The van der Waals surface area contributed by atoms with Crippen LogP contribution in [0.1, 0.15) is 48.0 Å². The van der Waals surface area contributed by atoms with Gasteiger partial charge in [-0.05, 0) is 70.0 Å². The molecular weight excluding hydrogens is 416 g/mol. The van der Waals surface area contributed by atoms with E-state index < -0.39 is 0 Å². The van der Waals surface area contributed by atoms with Crippen molar-refractivity contribution in [2.45, 2.75) is 51.1 Å². The fraction of sp³-hybridized carbons (Fsp3) is 0.385. The molecule has 1 saturated carbocycles. The van der Waals surface area contributed by atoms with E-state index in [-0.39, 0.29) is 5.91 Å². The lowest BCUT2D eigenvalue weighted by Crippen LogP contribution is -2.54. The van der Waals surface area contributed by atoms with Crippen molar-refractivity contribution in [1.29, 1.82) is 0 Å². The number of thiazole rings is 1. The molecule has 1 aliphatic heterocycles. The molecule has 5 nitrogen and oxygen atoms in total. The van der Waals surface area contributed by atoms with Crippen LogP contribution in [0.25, 0.3) is 26.4 Å². The molecule has 1 saturated heterocycles. The summed E-state index contributed by atoms with van der Waals surface area (Å²) in [4.78, 5) is 21.3. The minimum Gasteiger partial charge on any atom is -0.349 e. The maximum Gasteiger partial charge on any atom is 0.251 e. The van der Waals surface area contributed by atoms with Crippen LogP contribution in [0.3, 0.4) is 0 Å². The zero-order valence-corrected chi connectivity index (χ0v) is 19.2. The molecular formula is C26H28N4OS. The van der Waals surface area contributed by atoms with Gasteiger partial charge in [0.15, 0.2) is 4.96 Å². The second-order valence-electron chi connectivity index (χ2n) is 9.33. The number of nitrogens with one attached hydrogen (secondary N) is 1. The summed E-state index contributed by atoms with van der Waals surface area (Å²) in [5, 5.41) is 3.25. The molecule has 2 aromatic heterocycles. The smallest absolute Gasteiger partial charge is 0.251 e. The Hall–Kier alpha value is -2.70. The van der Waals surface area contributed by atoms with Gasteiger partial charge in [-0.3, -0.25) is 9.20 Å². The van der Waals surface area contributed by atoms with Crippen LogP contribution >= 0.6 is 11.3 Å². The number of likely N-dealkylation sites (tertiary alicyclic amines) is 1. The summed E-state index contributed by atoms with van der Waals surface area (Å²) in [6, 6.07) is 15.4. The Morgan fingerprint density at radius 1 is 1.09 bits per heavy atom. The molecule has 32 heavy (non-hydrogen) atoms. The highest BCUT2D eigenvalue weighted by molar-refractivity contribution is 7.23. The zero-order chi connectivity index (χ0) is 21.7. The lowest BCUT2D eigenvalue weighted by molar-refractivity contribution is 0.0677. The number of benzene rings is 2. The highest BCUT2D eigenvalue weighted by Crippen LogP contribution is 2.31. The molecule has 6 heteroatoms. The molecule has 0 spiro atoms. The van der Waals surface area contributed by atoms with E-state index in [1.165, 1.54) is 37.9 Å². The molecule has 0 bridgehead atoms. The molecule has 2 aliphatic rings. The third-order valence-corrected chi connectivity index (χ3v) is 8.04. The summed E-state index contributed by atoms with van der Waals surface area (Å²) in [6.45, 7) is 4.56. The van der Waals surface area contributed by atoms with Crippen molar-refractivity contribution in [1.82, 2.24) is 19.6 Å². The van der Waals surface area contributed by atoms with Gasteiger partial charge in [0.1, 0.15) is 0 Å². The minimum absolute atomic E-state index is 0.0421. The normalized spacial score (nSPS) is 21.7. The van der Waals surface area contributed by atoms with Gasteiger partial charge in [-0.15, -0.1) is 0 Å². The Bertz CT molecular complexity index is 1290. The van der Waals surface area contributed by atoms with Crippen LogP contribution in [0, 0.1) is 6.92 Å². The van der Waals surface area contributed by atoms with Crippen LogP contribution in [0.2, 0.25) is 0 Å². The summed E-state index contributed by atoms with van der Waals surface area (Å²) in [5.41, 5.74) is 5.18. The Morgan fingerprint density at radius 2 is 1.94 bits per heavy atom. The van der Waals surface area contributed by atoms with Crippen molar-refractivity contribution in [3.05, 3.63) is 59.8 Å². The van der Waals surface area contributed by atoms with Crippen LogP contribution in [0.15, 0.2) is 48.7 Å². The lowest BCUT2D eigenvalue weighted by Gasteiger charge is -2.44. The topological polar surface area (TPSA) is 49.6 Å². The molecule has 2 aromatic carbocycles. The van der Waals surface area contributed by atoms with Crippen molar-refractivity contribution in [2.24, 2.45) is 0 Å². The monoisotopic (exact) mass is 444 g/mol. The second kappa shape index (κ2) is 8.01. The van der Waals surface area contributed by atoms with Gasteiger partial charge >= 0.3 is 0 Å². The van der Waals surface area contributed by atoms with Crippen LogP contribution < -0.4 is 5.32 Å². The average Bonchev–Trinajstić information content (AvgIpc) is 3.34. The van der Waals surface area contributed by atoms with Crippen molar-refractivity contribution in [3.8, 4) is 11.3 Å². The van der Waals surface area contributed by atoms with Gasteiger partial charge in [-0.25, -0.2) is 4.98 Å². The molecule has 4 aromatic rings. The molecule has 1 N–H and O–H groups in total. The number of amides is 1. The van der Waals surface area contributed by atoms with Crippen LogP contribution in [-0.4, -0.2) is 45.4 Å². The predicted molar refractivity (Wildman–Crippen MR) is 130 cm³/mol. The maximum atomic E-state index is 12.9. The summed E-state index contributed by atoms with van der Waals surface area (Å²) >= 11 is 1.64. The number of imidazole rings is 1. The largest absolute Gasteiger partial charge is 0.349 e. The van der Waals surface area contributed by atoms with E-state index in [1.54, 1.807) is 11.3 Å². The SMILES string of the molecule is Cc1cccc(-c2cn3c(n2)sc2cc(C(=O)NC4CC(N5CCCCC5)C4)ccc23)c1. The first-order valence-corrected chi connectivity index (χ1v) is 12.5. The van der Waals surface area contributed by atoms with Crippen molar-refractivity contribution >= 4 is 32.4 Å². The van der Waals surface area contributed by atoms with E-state index in [0.29, 0.717) is 12.1 Å². The van der Waals surface area contributed by atoms with Crippen LogP contribution in [-0.2, 0) is 0 Å². The van der Waals surface area contributed by atoms with E-state index in [2.05, 4.69) is 52.0 Å². The number of hydrogen-bond acceptors (Lipinski definition) is 4. The number of hydrogen-bond donors (Lipinski definition) is 1. The number of carbonyl (C=O) groups excluding carboxylic acids is 1. The van der Waals surface area contributed by atoms with E-state index in [1.807, 2.05) is 18.2 Å². The van der Waals surface area contributed by atoms with Gasteiger partial charge < -0.3 is 10.2 Å². The molecule has 1 amide bonds. The number of fused-ring (bicyclic) bond motifs is 3. The first kappa shape index (κ1) is 19.9. The van der Waals surface area contributed by atoms with Crippen LogP contribution in [0.5, 0.6) is 0 Å². The lowest BCUT2D eigenvalue weighted by atomic mass is 9.84. The summed E-state index contributed by atoms with van der Waals surface area (Å²) in [5.74, 6) is 0.0421. The minimum atomic E-state index is 0.0421. The number of piperidine rings is 1. The van der Waals surface area contributed by atoms with Gasteiger partial charge in [-0.2, -0.15) is 0 Å². The van der Waals surface area contributed by atoms with Crippen molar-refractivity contribution < 1.29 is 4.79 Å². The molecule has 3 heterocycles. The van der Waals surface area contributed by atoms with E-state index in [4.69, 9.17) is 4.98 Å².